The standard InChI is InChI=1S/C33H32BrN2P/c1-2-3-13-27-20-22-28(23-21-27)29-24-35-33(36-25-29)26-37(34,30-14-7-4-8-15-30,31-16-9-5-10-17-31)32-18-11-6-12-19-32/h4-12,14-25H,2-3,13,26H2,1H3. The van der Waals surface area contributed by atoms with Gasteiger partial charge < -0.3 is 0 Å². The average Bonchev–Trinajstić information content (AvgIpc) is 2.98. The van der Waals surface area contributed by atoms with Crippen molar-refractivity contribution in [3.63, 3.8) is 0 Å². The monoisotopic (exact) mass is 566 g/mol. The number of rotatable bonds is 9. The third kappa shape index (κ3) is 5.04. The molecule has 0 radical (unpaired) electrons. The predicted octanol–water partition coefficient (Wildman–Crippen LogP) is 7.83. The molecule has 0 saturated carbocycles. The van der Waals surface area contributed by atoms with Crippen LogP contribution in [0, 0.1) is 0 Å². The van der Waals surface area contributed by atoms with Crippen molar-refractivity contribution in [2.45, 2.75) is 32.3 Å². The minimum absolute atomic E-state index is 0.680. The van der Waals surface area contributed by atoms with E-state index < -0.39 is 5.31 Å². The summed E-state index contributed by atoms with van der Waals surface area (Å²) in [5, 5.41) is 0.681. The van der Waals surface area contributed by atoms with E-state index in [0.717, 1.165) is 23.4 Å². The van der Waals surface area contributed by atoms with E-state index in [9.17, 15) is 0 Å². The number of nitrogens with zero attached hydrogens (tertiary/aromatic N) is 2. The molecule has 2 nitrogen and oxygen atoms in total. The molecule has 0 fully saturated rings. The topological polar surface area (TPSA) is 25.8 Å². The van der Waals surface area contributed by atoms with Crippen molar-refractivity contribution in [1.82, 2.24) is 9.97 Å². The van der Waals surface area contributed by atoms with E-state index in [-0.39, 0.29) is 0 Å². The van der Waals surface area contributed by atoms with Crippen molar-refractivity contribution in [3.8, 4) is 11.1 Å². The van der Waals surface area contributed by atoms with Crippen LogP contribution >= 0.6 is 20.8 Å². The van der Waals surface area contributed by atoms with E-state index in [2.05, 4.69) is 138 Å². The molecule has 1 aromatic heterocycles. The fourth-order valence-corrected chi connectivity index (χ4v) is 12.4. The second kappa shape index (κ2) is 11.1. The summed E-state index contributed by atoms with van der Waals surface area (Å²) in [7, 11) is 0. The summed E-state index contributed by atoms with van der Waals surface area (Å²) < 4.78 is 0. The molecule has 0 N–H and O–H groups in total. The summed E-state index contributed by atoms with van der Waals surface area (Å²) in [4.78, 5) is 9.85. The number of benzene rings is 4. The van der Waals surface area contributed by atoms with Crippen LogP contribution in [-0.4, -0.2) is 9.97 Å². The number of aromatic nitrogens is 2. The Balaban J connectivity index is 1.58. The third-order valence-electron chi connectivity index (χ3n) is 7.13. The van der Waals surface area contributed by atoms with Crippen LogP contribution in [0.1, 0.15) is 31.2 Å². The van der Waals surface area contributed by atoms with Gasteiger partial charge >= 0.3 is 222 Å². The molecule has 0 saturated heterocycles. The van der Waals surface area contributed by atoms with Gasteiger partial charge in [0.2, 0.25) is 0 Å². The van der Waals surface area contributed by atoms with Crippen LogP contribution in [0.3, 0.4) is 0 Å². The van der Waals surface area contributed by atoms with Gasteiger partial charge in [0.1, 0.15) is 0 Å². The van der Waals surface area contributed by atoms with E-state index in [0.29, 0.717) is 6.16 Å². The van der Waals surface area contributed by atoms with Gasteiger partial charge in [-0.1, -0.05) is 6.92 Å². The Morgan fingerprint density at radius 1 is 0.595 bits per heavy atom. The van der Waals surface area contributed by atoms with Gasteiger partial charge in [0.15, 0.2) is 0 Å². The summed E-state index contributed by atoms with van der Waals surface area (Å²) in [5.74, 6) is 0.828. The van der Waals surface area contributed by atoms with Gasteiger partial charge in [0.05, 0.1) is 0 Å². The summed E-state index contributed by atoms with van der Waals surface area (Å²) >= 11 is 4.50. The van der Waals surface area contributed by atoms with Crippen LogP contribution in [0.4, 0.5) is 0 Å². The van der Waals surface area contributed by atoms with E-state index >= 15 is 0 Å². The molecule has 0 aliphatic rings. The van der Waals surface area contributed by atoms with Gasteiger partial charge in [-0.25, -0.2) is 0 Å². The summed E-state index contributed by atoms with van der Waals surface area (Å²) in [6, 6.07) is 41.2. The van der Waals surface area contributed by atoms with E-state index in [1.54, 1.807) is 0 Å². The van der Waals surface area contributed by atoms with Gasteiger partial charge in [-0.15, -0.1) is 0 Å². The van der Waals surface area contributed by atoms with Crippen LogP contribution in [0.2, 0.25) is 0 Å². The summed E-state index contributed by atoms with van der Waals surface area (Å²) in [5.41, 5.74) is 3.57. The van der Waals surface area contributed by atoms with Crippen molar-refractivity contribution in [3.05, 3.63) is 139 Å². The zero-order valence-electron chi connectivity index (χ0n) is 21.2. The van der Waals surface area contributed by atoms with Crippen LogP contribution in [0.15, 0.2) is 128 Å². The molecule has 0 aliphatic carbocycles. The van der Waals surface area contributed by atoms with E-state index in [4.69, 9.17) is 9.97 Å². The second-order valence-electron chi connectivity index (χ2n) is 9.54. The first-order chi connectivity index (χ1) is 18.1. The van der Waals surface area contributed by atoms with Crippen LogP contribution in [0.25, 0.3) is 11.1 Å². The summed E-state index contributed by atoms with van der Waals surface area (Å²) in [6.45, 7) is 2.23. The number of halogens is 1. The maximum atomic E-state index is 4.93. The van der Waals surface area contributed by atoms with Gasteiger partial charge in [0, 0.05) is 0 Å². The average molecular weight is 568 g/mol. The molecule has 5 aromatic rings. The Kier molecular flexibility index (Phi) is 7.65. The number of hydrogen-bond donors (Lipinski definition) is 0. The normalized spacial score (nSPS) is 12.5. The SMILES string of the molecule is CCCCc1ccc(-c2cnc(CP(Br)(c3ccccc3)(c3ccccc3)c3ccccc3)nc2)cc1. The van der Waals surface area contributed by atoms with Gasteiger partial charge in [0.25, 0.3) is 0 Å². The fraction of sp³-hybridized carbons (Fsp3) is 0.152. The fourth-order valence-electron chi connectivity index (χ4n) is 5.03. The molecule has 1 heterocycles. The van der Waals surface area contributed by atoms with E-state index in [1.165, 1.54) is 34.3 Å². The third-order valence-corrected chi connectivity index (χ3v) is 16.6. The maximum absolute atomic E-state index is 4.93. The molecule has 5 rings (SSSR count). The molecule has 0 unspecified atom stereocenters. The molecule has 4 heteroatoms. The zero-order valence-corrected chi connectivity index (χ0v) is 23.7. The Labute approximate surface area is 228 Å². The molecule has 4 aromatic carbocycles. The van der Waals surface area contributed by atoms with Gasteiger partial charge in [-0.05, 0) is 0 Å². The van der Waals surface area contributed by atoms with Crippen LogP contribution in [-0.2, 0) is 12.6 Å². The molecule has 0 spiro atoms. The van der Waals surface area contributed by atoms with Crippen LogP contribution < -0.4 is 15.9 Å². The van der Waals surface area contributed by atoms with E-state index in [1.807, 2.05) is 12.4 Å². The van der Waals surface area contributed by atoms with Gasteiger partial charge in [-0.2, -0.15) is 0 Å². The molecule has 0 atom stereocenters. The predicted molar refractivity (Wildman–Crippen MR) is 164 cm³/mol. The first-order valence-electron chi connectivity index (χ1n) is 12.9. The number of unbranched alkanes of at least 4 members (excludes halogenated alkanes) is 1. The van der Waals surface area contributed by atoms with Gasteiger partial charge in [-0.3, -0.25) is 0 Å². The Morgan fingerprint density at radius 2 is 1.05 bits per heavy atom. The van der Waals surface area contributed by atoms with Crippen molar-refractivity contribution in [2.75, 3.05) is 0 Å². The number of hydrogen-bond acceptors (Lipinski definition) is 2. The molecule has 186 valence electrons. The molecule has 37 heavy (non-hydrogen) atoms. The minimum atomic E-state index is -3.11. The van der Waals surface area contributed by atoms with Crippen molar-refractivity contribution >= 4 is 36.7 Å². The Bertz CT molecular complexity index is 1320. The van der Waals surface area contributed by atoms with Crippen molar-refractivity contribution < 1.29 is 0 Å². The first kappa shape index (κ1) is 25.5. The quantitative estimate of drug-likeness (QED) is 0.170. The molecular formula is C33H32BrN2P. The molecular weight excluding hydrogens is 535 g/mol. The zero-order chi connectivity index (χ0) is 25.6. The van der Waals surface area contributed by atoms with Crippen molar-refractivity contribution in [2.24, 2.45) is 0 Å². The second-order valence-corrected chi connectivity index (χ2v) is 18.5. The Morgan fingerprint density at radius 3 is 1.49 bits per heavy atom. The van der Waals surface area contributed by atoms with Crippen molar-refractivity contribution in [1.29, 1.82) is 0 Å². The Hall–Kier alpha value is -3.13. The van der Waals surface area contributed by atoms with Crippen LogP contribution in [0.5, 0.6) is 0 Å². The first-order valence-corrected chi connectivity index (χ1v) is 17.4. The summed E-state index contributed by atoms with van der Waals surface area (Å²) in [6.07, 6.45) is 8.19. The molecule has 0 amide bonds. The molecule has 0 bridgehead atoms. The molecule has 0 aliphatic heterocycles. The number of aryl methyl sites for hydroxylation is 1.